The first-order valence-electron chi connectivity index (χ1n) is 13.1. The highest BCUT2D eigenvalue weighted by Gasteiger charge is 2.24. The first-order chi connectivity index (χ1) is 16.7. The van der Waals surface area contributed by atoms with Gasteiger partial charge in [-0.05, 0) is 110 Å². The summed E-state index contributed by atoms with van der Waals surface area (Å²) in [6.45, 7) is 7.94. The summed E-state index contributed by atoms with van der Waals surface area (Å²) in [5.41, 5.74) is 8.36. The molecule has 178 valence electrons. The largest absolute Gasteiger partial charge is 0.508 e. The molecule has 5 rings (SSSR count). The van der Waals surface area contributed by atoms with Crippen molar-refractivity contribution in [1.82, 2.24) is 4.90 Å². The van der Waals surface area contributed by atoms with Crippen molar-refractivity contribution in [1.29, 1.82) is 0 Å². The molecule has 0 aromatic heterocycles. The van der Waals surface area contributed by atoms with Gasteiger partial charge < -0.3 is 14.9 Å². The predicted molar refractivity (Wildman–Crippen MR) is 142 cm³/mol. The molecule has 1 saturated heterocycles. The van der Waals surface area contributed by atoms with Crippen LogP contribution < -0.4 is 4.90 Å². The van der Waals surface area contributed by atoms with Gasteiger partial charge in [0.1, 0.15) is 5.75 Å². The Morgan fingerprint density at radius 1 is 0.912 bits per heavy atom. The molecule has 1 unspecified atom stereocenters. The summed E-state index contributed by atoms with van der Waals surface area (Å²) >= 11 is 0. The van der Waals surface area contributed by atoms with Crippen LogP contribution in [-0.2, 0) is 25.8 Å². The fourth-order valence-corrected chi connectivity index (χ4v) is 5.82. The van der Waals surface area contributed by atoms with E-state index in [4.69, 9.17) is 0 Å². The van der Waals surface area contributed by atoms with Gasteiger partial charge in [-0.1, -0.05) is 48.5 Å². The monoisotopic (exact) mass is 454 g/mol. The quantitative estimate of drug-likeness (QED) is 0.431. The molecule has 3 aromatic carbocycles. The van der Waals surface area contributed by atoms with Crippen LogP contribution in [-0.4, -0.2) is 36.2 Å². The van der Waals surface area contributed by atoms with E-state index in [1.807, 2.05) is 12.1 Å². The van der Waals surface area contributed by atoms with Gasteiger partial charge in [0.2, 0.25) is 0 Å². The minimum Gasteiger partial charge on any atom is -0.508 e. The number of phenolic OH excluding ortho intramolecular Hbond substituents is 1. The highest BCUT2D eigenvalue weighted by molar-refractivity contribution is 5.56. The predicted octanol–water partition coefficient (Wildman–Crippen LogP) is 6.33. The molecule has 2 aliphatic rings. The van der Waals surface area contributed by atoms with Gasteiger partial charge in [-0.25, -0.2) is 0 Å². The van der Waals surface area contributed by atoms with Gasteiger partial charge in [-0.2, -0.15) is 0 Å². The van der Waals surface area contributed by atoms with Crippen LogP contribution in [0.1, 0.15) is 59.9 Å². The lowest BCUT2D eigenvalue weighted by molar-refractivity contribution is 0.343. The van der Waals surface area contributed by atoms with Gasteiger partial charge in [0.05, 0.1) is 0 Å². The Bertz CT molecular complexity index is 1080. The van der Waals surface area contributed by atoms with Crippen LogP contribution in [0.3, 0.4) is 0 Å². The fraction of sp³-hybridized carbons (Fsp3) is 0.419. The Kier molecular flexibility index (Phi) is 7.20. The van der Waals surface area contributed by atoms with Crippen molar-refractivity contribution in [3.63, 3.8) is 0 Å². The lowest BCUT2D eigenvalue weighted by Crippen LogP contribution is -2.25. The van der Waals surface area contributed by atoms with E-state index in [0.717, 1.165) is 38.8 Å². The van der Waals surface area contributed by atoms with Crippen molar-refractivity contribution in [3.05, 3.63) is 94.5 Å². The maximum absolute atomic E-state index is 9.85. The molecule has 1 aliphatic heterocycles. The van der Waals surface area contributed by atoms with Crippen molar-refractivity contribution in [2.45, 2.75) is 57.9 Å². The molecule has 1 heterocycles. The van der Waals surface area contributed by atoms with Gasteiger partial charge in [-0.3, -0.25) is 0 Å². The normalized spacial score (nSPS) is 18.1. The third-order valence-corrected chi connectivity index (χ3v) is 7.83. The Morgan fingerprint density at radius 2 is 1.68 bits per heavy atom. The number of hydrogen-bond acceptors (Lipinski definition) is 3. The summed E-state index contributed by atoms with van der Waals surface area (Å²) in [6.07, 6.45) is 7.11. The number of phenols is 1. The van der Waals surface area contributed by atoms with E-state index in [0.29, 0.717) is 11.7 Å². The van der Waals surface area contributed by atoms with Crippen molar-refractivity contribution in [2.24, 2.45) is 0 Å². The molecule has 1 N–H and O–H groups in total. The first-order valence-corrected chi connectivity index (χ1v) is 13.1. The minimum atomic E-state index is 0.386. The van der Waals surface area contributed by atoms with Crippen molar-refractivity contribution < 1.29 is 5.11 Å². The van der Waals surface area contributed by atoms with E-state index in [-0.39, 0.29) is 0 Å². The summed E-state index contributed by atoms with van der Waals surface area (Å²) in [6, 6.07) is 24.2. The van der Waals surface area contributed by atoms with Gasteiger partial charge in [0.25, 0.3) is 0 Å². The van der Waals surface area contributed by atoms with E-state index < -0.39 is 0 Å². The molecule has 0 bridgehead atoms. The number of fused-ring (bicyclic) bond motifs is 1. The van der Waals surface area contributed by atoms with Crippen LogP contribution in [0.4, 0.5) is 5.69 Å². The summed E-state index contributed by atoms with van der Waals surface area (Å²) in [4.78, 5) is 5.12. The average Bonchev–Trinajstić information content (AvgIpc) is 3.40. The van der Waals surface area contributed by atoms with Crippen LogP contribution in [0.5, 0.6) is 5.75 Å². The number of benzene rings is 3. The number of hydrogen-bond donors (Lipinski definition) is 1. The Hall–Kier alpha value is -2.78. The lowest BCUT2D eigenvalue weighted by Gasteiger charge is -2.31. The fourth-order valence-electron chi connectivity index (χ4n) is 5.82. The number of anilines is 1. The molecule has 0 spiro atoms. The number of nitrogens with zero attached hydrogens (tertiary/aromatic N) is 2. The number of likely N-dealkylation sites (tertiary alicyclic amines) is 1. The Balaban J connectivity index is 1.28. The topological polar surface area (TPSA) is 26.7 Å². The van der Waals surface area contributed by atoms with Crippen molar-refractivity contribution in [2.75, 3.05) is 31.1 Å². The molecule has 3 aromatic rings. The summed E-state index contributed by atoms with van der Waals surface area (Å²) in [5, 5.41) is 9.85. The highest BCUT2D eigenvalue weighted by atomic mass is 16.3. The van der Waals surface area contributed by atoms with Crippen molar-refractivity contribution >= 4 is 5.69 Å². The molecule has 0 saturated carbocycles. The molecular formula is C31H38N2O. The molecule has 3 nitrogen and oxygen atoms in total. The van der Waals surface area contributed by atoms with E-state index in [1.54, 1.807) is 0 Å². The van der Waals surface area contributed by atoms with Crippen LogP contribution in [0.15, 0.2) is 66.7 Å². The minimum absolute atomic E-state index is 0.386. The van der Waals surface area contributed by atoms with Gasteiger partial charge in [0.15, 0.2) is 0 Å². The first kappa shape index (κ1) is 23.0. The highest BCUT2D eigenvalue weighted by Crippen LogP contribution is 2.38. The second-order valence-electron chi connectivity index (χ2n) is 10.1. The average molecular weight is 455 g/mol. The van der Waals surface area contributed by atoms with E-state index in [2.05, 4.69) is 71.3 Å². The second kappa shape index (κ2) is 10.7. The van der Waals surface area contributed by atoms with Crippen LogP contribution in [0.25, 0.3) is 0 Å². The van der Waals surface area contributed by atoms with Gasteiger partial charge in [-0.15, -0.1) is 0 Å². The molecule has 34 heavy (non-hydrogen) atoms. The summed E-state index contributed by atoms with van der Waals surface area (Å²) in [7, 11) is 0. The number of para-hydroxylation sites is 1. The van der Waals surface area contributed by atoms with Gasteiger partial charge in [0, 0.05) is 25.3 Å². The molecule has 1 fully saturated rings. The summed E-state index contributed by atoms with van der Waals surface area (Å²) < 4.78 is 0. The smallest absolute Gasteiger partial charge is 0.115 e. The summed E-state index contributed by atoms with van der Waals surface area (Å²) in [5.74, 6) is 0.909. The zero-order chi connectivity index (χ0) is 23.3. The molecule has 1 atom stereocenters. The maximum atomic E-state index is 9.85. The van der Waals surface area contributed by atoms with Gasteiger partial charge >= 0.3 is 0 Å². The molecule has 0 amide bonds. The third-order valence-electron chi connectivity index (χ3n) is 7.83. The zero-order valence-corrected chi connectivity index (χ0v) is 20.5. The number of aromatic hydroxyl groups is 1. The van der Waals surface area contributed by atoms with E-state index in [9.17, 15) is 5.11 Å². The number of aryl methyl sites for hydroxylation is 1. The van der Waals surface area contributed by atoms with Crippen LogP contribution in [0.2, 0.25) is 0 Å². The van der Waals surface area contributed by atoms with Crippen LogP contribution in [0, 0.1) is 0 Å². The maximum Gasteiger partial charge on any atom is 0.115 e. The SMILES string of the molecule is CCN(Cc1ccc(CCN2CCCC2)cc1)c1ccccc1C1CCc2cc(O)ccc2C1. The Labute approximate surface area is 205 Å². The third kappa shape index (κ3) is 5.31. The molecule has 1 aliphatic carbocycles. The molecule has 0 radical (unpaired) electrons. The molecular weight excluding hydrogens is 416 g/mol. The zero-order valence-electron chi connectivity index (χ0n) is 20.5. The van der Waals surface area contributed by atoms with Crippen molar-refractivity contribution in [3.8, 4) is 5.75 Å². The Morgan fingerprint density at radius 3 is 2.47 bits per heavy atom. The van der Waals surface area contributed by atoms with E-state index in [1.165, 1.54) is 66.0 Å². The van der Waals surface area contributed by atoms with Crippen LogP contribution >= 0.6 is 0 Å². The standard InChI is InChI=1S/C31H38N2O/c1-2-33(23-25-11-9-24(10-12-25)17-20-32-18-5-6-19-32)31-8-4-3-7-30(31)28-14-13-27-22-29(34)16-15-26(27)21-28/h3-4,7-12,15-16,22,28,34H,2,5-6,13-14,17-21,23H2,1H3. The second-order valence-corrected chi connectivity index (χ2v) is 10.1. The lowest BCUT2D eigenvalue weighted by atomic mass is 9.79. The van der Waals surface area contributed by atoms with E-state index >= 15 is 0 Å². The number of rotatable bonds is 8. The molecule has 3 heteroatoms.